The maximum Gasteiger partial charge on any atom is 0.319 e. The Morgan fingerprint density at radius 1 is 0.875 bits per heavy atom. The Balaban J connectivity index is 1.59. The van der Waals surface area contributed by atoms with E-state index in [0.717, 1.165) is 12.8 Å². The van der Waals surface area contributed by atoms with E-state index in [-0.39, 0.29) is 11.9 Å². The molecule has 3 amide bonds. The largest absolute Gasteiger partial charge is 0.335 e. The van der Waals surface area contributed by atoms with Gasteiger partial charge in [0, 0.05) is 23.0 Å². The zero-order valence-electron chi connectivity index (χ0n) is 12.6. The summed E-state index contributed by atoms with van der Waals surface area (Å²) in [5.74, 6) is -0.291. The Morgan fingerprint density at radius 3 is 2.08 bits per heavy atom. The molecule has 3 rings (SSSR count). The molecule has 0 bridgehead atoms. The molecule has 1 saturated carbocycles. The molecule has 1 aliphatic carbocycles. The molecule has 5 nitrogen and oxygen atoms in total. The van der Waals surface area contributed by atoms with Crippen LogP contribution in [0.5, 0.6) is 0 Å². The lowest BCUT2D eigenvalue weighted by Crippen LogP contribution is -2.30. The maximum atomic E-state index is 12.2. The third-order valence-electron chi connectivity index (χ3n) is 3.49. The lowest BCUT2D eigenvalue weighted by Gasteiger charge is -2.09. The molecular formula is C17H15Cl2N3O2. The number of urea groups is 1. The average molecular weight is 364 g/mol. The summed E-state index contributed by atoms with van der Waals surface area (Å²) in [6, 6.07) is 11.6. The fraction of sp³-hybridized carbons (Fsp3) is 0.176. The standard InChI is InChI=1S/C17H15Cl2N3O2/c18-14-8-1-10(9-15(14)19)16(23)20-11-2-4-12(5-3-11)21-17(24)22-13-6-7-13/h1-5,8-9,13H,6-7H2,(H,20,23)(H2,21,22,24). The Morgan fingerprint density at radius 2 is 1.50 bits per heavy atom. The van der Waals surface area contributed by atoms with E-state index in [9.17, 15) is 9.59 Å². The lowest BCUT2D eigenvalue weighted by molar-refractivity contribution is 0.102. The van der Waals surface area contributed by atoms with Gasteiger partial charge in [-0.25, -0.2) is 4.79 Å². The van der Waals surface area contributed by atoms with Crippen LogP contribution in [0.3, 0.4) is 0 Å². The summed E-state index contributed by atoms with van der Waals surface area (Å²) in [6.07, 6.45) is 2.07. The van der Waals surface area contributed by atoms with E-state index in [4.69, 9.17) is 23.2 Å². The molecule has 7 heteroatoms. The molecule has 0 saturated heterocycles. The van der Waals surface area contributed by atoms with E-state index >= 15 is 0 Å². The van der Waals surface area contributed by atoms with Crippen molar-refractivity contribution in [2.75, 3.05) is 10.6 Å². The maximum absolute atomic E-state index is 12.2. The molecule has 0 unspecified atom stereocenters. The van der Waals surface area contributed by atoms with E-state index in [0.29, 0.717) is 33.0 Å². The van der Waals surface area contributed by atoms with E-state index in [1.54, 1.807) is 36.4 Å². The van der Waals surface area contributed by atoms with Crippen LogP contribution in [0.2, 0.25) is 10.0 Å². The van der Waals surface area contributed by atoms with Gasteiger partial charge in [0.05, 0.1) is 10.0 Å². The minimum absolute atomic E-state index is 0.218. The normalized spacial score (nSPS) is 13.2. The first-order valence-corrected chi connectivity index (χ1v) is 8.21. The van der Waals surface area contributed by atoms with Crippen LogP contribution in [0.15, 0.2) is 42.5 Å². The van der Waals surface area contributed by atoms with Gasteiger partial charge in [0.15, 0.2) is 0 Å². The minimum atomic E-state index is -0.291. The van der Waals surface area contributed by atoms with E-state index in [1.165, 1.54) is 6.07 Å². The van der Waals surface area contributed by atoms with Gasteiger partial charge >= 0.3 is 6.03 Å². The van der Waals surface area contributed by atoms with Crippen molar-refractivity contribution in [2.45, 2.75) is 18.9 Å². The molecular weight excluding hydrogens is 349 g/mol. The first-order chi connectivity index (χ1) is 11.5. The summed E-state index contributed by atoms with van der Waals surface area (Å²) in [5, 5.41) is 9.06. The quantitative estimate of drug-likeness (QED) is 0.746. The highest BCUT2D eigenvalue weighted by Gasteiger charge is 2.23. The van der Waals surface area contributed by atoms with Gasteiger partial charge in [-0.05, 0) is 55.3 Å². The molecule has 0 radical (unpaired) electrons. The third-order valence-corrected chi connectivity index (χ3v) is 4.23. The summed E-state index contributed by atoms with van der Waals surface area (Å²) in [4.78, 5) is 23.8. The van der Waals surface area contributed by atoms with Gasteiger partial charge in [-0.15, -0.1) is 0 Å². The van der Waals surface area contributed by atoms with E-state index in [2.05, 4.69) is 16.0 Å². The van der Waals surface area contributed by atoms with E-state index < -0.39 is 0 Å². The number of carbonyl (C=O) groups is 2. The highest BCUT2D eigenvalue weighted by Crippen LogP contribution is 2.23. The van der Waals surface area contributed by atoms with Crippen LogP contribution in [0.4, 0.5) is 16.2 Å². The molecule has 1 fully saturated rings. The Kier molecular flexibility index (Phi) is 4.92. The lowest BCUT2D eigenvalue weighted by atomic mass is 10.2. The van der Waals surface area contributed by atoms with Crippen molar-refractivity contribution in [3.05, 3.63) is 58.1 Å². The van der Waals surface area contributed by atoms with E-state index in [1.807, 2.05) is 0 Å². The second-order valence-corrected chi connectivity index (χ2v) is 6.35. The van der Waals surface area contributed by atoms with Gasteiger partial charge in [0.25, 0.3) is 5.91 Å². The second kappa shape index (κ2) is 7.11. The fourth-order valence-corrected chi connectivity index (χ4v) is 2.36. The van der Waals surface area contributed by atoms with Crippen molar-refractivity contribution >= 4 is 46.5 Å². The highest BCUT2D eigenvalue weighted by atomic mass is 35.5. The van der Waals surface area contributed by atoms with Crippen molar-refractivity contribution in [2.24, 2.45) is 0 Å². The molecule has 0 spiro atoms. The molecule has 3 N–H and O–H groups in total. The summed E-state index contributed by atoms with van der Waals surface area (Å²) < 4.78 is 0. The van der Waals surface area contributed by atoms with Gasteiger partial charge in [-0.1, -0.05) is 23.2 Å². The Hall–Kier alpha value is -2.24. The predicted molar refractivity (Wildman–Crippen MR) is 96.0 cm³/mol. The molecule has 2 aromatic carbocycles. The number of nitrogens with one attached hydrogen (secondary N) is 3. The SMILES string of the molecule is O=C(Nc1ccc(NC(=O)c2ccc(Cl)c(Cl)c2)cc1)NC1CC1. The monoisotopic (exact) mass is 363 g/mol. The summed E-state index contributed by atoms with van der Waals surface area (Å²) in [5.41, 5.74) is 1.68. The topological polar surface area (TPSA) is 70.2 Å². The van der Waals surface area contributed by atoms with Crippen LogP contribution in [0, 0.1) is 0 Å². The Labute approximate surface area is 149 Å². The number of anilines is 2. The molecule has 1 aliphatic rings. The van der Waals surface area contributed by atoms with Gasteiger partial charge in [0.1, 0.15) is 0 Å². The molecule has 0 aromatic heterocycles. The van der Waals surface area contributed by atoms with Gasteiger partial charge in [-0.2, -0.15) is 0 Å². The number of hydrogen-bond acceptors (Lipinski definition) is 2. The second-order valence-electron chi connectivity index (χ2n) is 5.53. The predicted octanol–water partition coefficient (Wildman–Crippen LogP) is 4.53. The summed E-state index contributed by atoms with van der Waals surface area (Å²) in [6.45, 7) is 0. The first kappa shape index (κ1) is 16.6. The van der Waals surface area contributed by atoms with Gasteiger partial charge in [0.2, 0.25) is 0 Å². The number of hydrogen-bond donors (Lipinski definition) is 3. The zero-order valence-corrected chi connectivity index (χ0v) is 14.1. The Bertz CT molecular complexity index is 774. The van der Waals surface area contributed by atoms with Gasteiger partial charge < -0.3 is 16.0 Å². The number of rotatable bonds is 4. The van der Waals surface area contributed by atoms with Crippen LogP contribution in [-0.2, 0) is 0 Å². The van der Waals surface area contributed by atoms with Crippen molar-refractivity contribution in [3.63, 3.8) is 0 Å². The molecule has 24 heavy (non-hydrogen) atoms. The number of carbonyl (C=O) groups excluding carboxylic acids is 2. The van der Waals surface area contributed by atoms with Crippen LogP contribution >= 0.6 is 23.2 Å². The van der Waals surface area contributed by atoms with Crippen molar-refractivity contribution in [1.82, 2.24) is 5.32 Å². The van der Waals surface area contributed by atoms with Crippen LogP contribution in [0.25, 0.3) is 0 Å². The first-order valence-electron chi connectivity index (χ1n) is 7.45. The van der Waals surface area contributed by atoms with Crippen molar-refractivity contribution < 1.29 is 9.59 Å². The van der Waals surface area contributed by atoms with Crippen LogP contribution in [-0.4, -0.2) is 18.0 Å². The average Bonchev–Trinajstić information content (AvgIpc) is 3.35. The number of benzene rings is 2. The zero-order chi connectivity index (χ0) is 17.1. The van der Waals surface area contributed by atoms with Crippen LogP contribution < -0.4 is 16.0 Å². The van der Waals surface area contributed by atoms with Crippen molar-refractivity contribution in [1.29, 1.82) is 0 Å². The molecule has 0 heterocycles. The highest BCUT2D eigenvalue weighted by molar-refractivity contribution is 6.42. The molecule has 0 aliphatic heterocycles. The smallest absolute Gasteiger partial charge is 0.319 e. The number of amides is 3. The molecule has 0 atom stereocenters. The minimum Gasteiger partial charge on any atom is -0.335 e. The van der Waals surface area contributed by atoms with Crippen molar-refractivity contribution in [3.8, 4) is 0 Å². The van der Waals surface area contributed by atoms with Gasteiger partial charge in [-0.3, -0.25) is 4.79 Å². The molecule has 2 aromatic rings. The molecule has 124 valence electrons. The third kappa shape index (κ3) is 4.40. The van der Waals surface area contributed by atoms with Crippen LogP contribution in [0.1, 0.15) is 23.2 Å². The fourth-order valence-electron chi connectivity index (χ4n) is 2.06. The summed E-state index contributed by atoms with van der Waals surface area (Å²) in [7, 11) is 0. The summed E-state index contributed by atoms with van der Waals surface area (Å²) >= 11 is 11.7. The number of halogens is 2.